The molecule has 0 heterocycles. The first-order valence-electron chi connectivity index (χ1n) is 2.82. The Bertz CT molecular complexity index is 165. The van der Waals surface area contributed by atoms with E-state index in [0.29, 0.717) is 0 Å². The monoisotopic (exact) mass is 210 g/mol. The Morgan fingerprint density at radius 3 is 1.60 bits per heavy atom. The van der Waals surface area contributed by atoms with Crippen LogP contribution >= 0.6 is 0 Å². The predicted octanol–water partition coefficient (Wildman–Crippen LogP) is 2.75. The maximum absolute atomic E-state index is 2.17. The van der Waals surface area contributed by atoms with E-state index in [1.807, 2.05) is 0 Å². The summed E-state index contributed by atoms with van der Waals surface area (Å²) in [6.45, 7) is 4.21. The predicted molar refractivity (Wildman–Crippen MR) is 42.3 cm³/mol. The Kier molecular flexibility index (Phi) is 7.85. The third-order valence-corrected chi connectivity index (χ3v) is 1.17. The van der Waals surface area contributed by atoms with Gasteiger partial charge in [0.05, 0.1) is 0 Å². The molecule has 0 aromatic heterocycles. The van der Waals surface area contributed by atoms with Crippen LogP contribution in [0.1, 0.15) is 11.1 Å². The molecule has 53 valence electrons. The second-order valence-corrected chi connectivity index (χ2v) is 2.16. The largest absolute Gasteiger partial charge is 0.358 e. The van der Waals surface area contributed by atoms with E-state index in [2.05, 4.69) is 38.1 Å². The molecule has 0 aliphatic heterocycles. The molecule has 0 saturated heterocycles. The molecule has 0 bridgehead atoms. The molecule has 1 radical (unpaired) electrons. The Morgan fingerprint density at radius 2 is 1.40 bits per heavy atom. The zero-order valence-corrected chi connectivity index (χ0v) is 9.73. The van der Waals surface area contributed by atoms with E-state index in [9.17, 15) is 0 Å². The van der Waals surface area contributed by atoms with Crippen LogP contribution in [-0.2, 0) is 32.7 Å². The first-order valence-corrected chi connectivity index (χ1v) is 2.82. The Hall–Kier alpha value is 0.324. The van der Waals surface area contributed by atoms with Crippen LogP contribution in [-0.4, -0.2) is 0 Å². The van der Waals surface area contributed by atoms with E-state index < -0.39 is 0 Å². The normalized spacial score (nSPS) is 7.40. The second-order valence-electron chi connectivity index (χ2n) is 2.16. The summed E-state index contributed by atoms with van der Waals surface area (Å²) >= 11 is 0. The van der Waals surface area contributed by atoms with Gasteiger partial charge >= 0.3 is 0 Å². The van der Waals surface area contributed by atoms with Gasteiger partial charge in [0.1, 0.15) is 0 Å². The van der Waals surface area contributed by atoms with Crippen LogP contribution in [0.5, 0.6) is 0 Å². The van der Waals surface area contributed by atoms with E-state index in [1.54, 1.807) is 0 Å². The maximum atomic E-state index is 2.17. The van der Waals surface area contributed by atoms with Gasteiger partial charge in [-0.25, -0.2) is 0 Å². The van der Waals surface area contributed by atoms with E-state index in [1.165, 1.54) is 11.1 Å². The molecule has 0 unspecified atom stereocenters. The molecule has 0 aliphatic carbocycles. The molecule has 0 spiro atoms. The van der Waals surface area contributed by atoms with Crippen LogP contribution in [0, 0.1) is 21.3 Å². The number of benzene rings is 1. The molecule has 10 heavy (non-hydrogen) atoms. The smallest absolute Gasteiger partial charge is 0 e. The summed E-state index contributed by atoms with van der Waals surface area (Å²) in [7, 11) is 0. The number of hydrogen-bond acceptors (Lipinski definition) is 0. The molecule has 0 saturated carbocycles. The molecule has 0 amide bonds. The minimum absolute atomic E-state index is 0. The summed E-state index contributed by atoms with van der Waals surface area (Å²) in [5.41, 5.74) is 2.68. The molecular weight excluding hydrogens is 197 g/mol. The minimum Gasteiger partial charge on any atom is -0.358 e. The van der Waals surface area contributed by atoms with Crippen molar-refractivity contribution in [1.82, 2.24) is 0 Å². The summed E-state index contributed by atoms with van der Waals surface area (Å²) < 4.78 is 0. The van der Waals surface area contributed by atoms with Crippen molar-refractivity contribution >= 4 is 0 Å². The Balaban J connectivity index is 0. The molecule has 1 heteroatoms. The van der Waals surface area contributed by atoms with Gasteiger partial charge < -0.3 is 7.43 Å². The van der Waals surface area contributed by atoms with E-state index in [-0.39, 0.29) is 40.1 Å². The molecule has 1 aromatic carbocycles. The molecule has 1 aromatic rings. The summed E-state index contributed by atoms with van der Waals surface area (Å²) in [5, 5.41) is 0. The quantitative estimate of drug-likeness (QED) is 0.577. The molecular formula is C9H13Y-. The number of hydrogen-bond donors (Lipinski definition) is 0. The molecule has 0 atom stereocenters. The van der Waals surface area contributed by atoms with Crippen LogP contribution < -0.4 is 0 Å². The van der Waals surface area contributed by atoms with Crippen molar-refractivity contribution in [3.8, 4) is 0 Å². The van der Waals surface area contributed by atoms with E-state index in [0.717, 1.165) is 0 Å². The van der Waals surface area contributed by atoms with Gasteiger partial charge in [0.2, 0.25) is 0 Å². The first-order chi connectivity index (χ1) is 3.79. The van der Waals surface area contributed by atoms with Gasteiger partial charge in [-0.15, -0.1) is 0 Å². The van der Waals surface area contributed by atoms with Crippen molar-refractivity contribution in [1.29, 1.82) is 0 Å². The Morgan fingerprint density at radius 1 is 1.00 bits per heavy atom. The average molecular weight is 210 g/mol. The van der Waals surface area contributed by atoms with Crippen molar-refractivity contribution < 1.29 is 32.7 Å². The van der Waals surface area contributed by atoms with Crippen molar-refractivity contribution in [3.63, 3.8) is 0 Å². The van der Waals surface area contributed by atoms with Crippen molar-refractivity contribution in [2.24, 2.45) is 0 Å². The van der Waals surface area contributed by atoms with Gasteiger partial charge in [-0.2, -0.15) is 0 Å². The van der Waals surface area contributed by atoms with Gasteiger partial charge in [-0.1, -0.05) is 35.4 Å². The molecule has 0 nitrogen and oxygen atoms in total. The first kappa shape index (κ1) is 13.0. The van der Waals surface area contributed by atoms with Crippen LogP contribution in [0.2, 0.25) is 0 Å². The molecule has 1 rings (SSSR count). The maximum Gasteiger partial charge on any atom is 0 e. The molecule has 0 N–H and O–H groups in total. The van der Waals surface area contributed by atoms with Gasteiger partial charge in [-0.3, -0.25) is 0 Å². The summed E-state index contributed by atoms with van der Waals surface area (Å²) in [5.74, 6) is 0. The van der Waals surface area contributed by atoms with Gasteiger partial charge in [0.15, 0.2) is 0 Å². The minimum atomic E-state index is 0. The van der Waals surface area contributed by atoms with Crippen molar-refractivity contribution in [2.45, 2.75) is 13.8 Å². The third kappa shape index (κ3) is 4.19. The third-order valence-electron chi connectivity index (χ3n) is 1.17. The topological polar surface area (TPSA) is 0 Å². The average Bonchev–Trinajstić information content (AvgIpc) is 1.64. The van der Waals surface area contributed by atoms with Crippen LogP contribution in [0.25, 0.3) is 0 Å². The summed E-state index contributed by atoms with van der Waals surface area (Å²) in [6, 6.07) is 8.45. The van der Waals surface area contributed by atoms with Gasteiger partial charge in [-0.05, 0) is 13.8 Å². The second kappa shape index (κ2) is 6.06. The zero-order chi connectivity index (χ0) is 5.98. The fourth-order valence-corrected chi connectivity index (χ4v) is 0.807. The molecule has 0 fully saturated rings. The SMILES string of the molecule is Cc1cccc(C)c1.[CH3-].[Y]. The summed E-state index contributed by atoms with van der Waals surface area (Å²) in [4.78, 5) is 0. The van der Waals surface area contributed by atoms with Crippen molar-refractivity contribution in [2.75, 3.05) is 0 Å². The van der Waals surface area contributed by atoms with Gasteiger partial charge in [0, 0.05) is 32.7 Å². The van der Waals surface area contributed by atoms with E-state index >= 15 is 0 Å². The zero-order valence-electron chi connectivity index (χ0n) is 6.89. The summed E-state index contributed by atoms with van der Waals surface area (Å²) in [6.07, 6.45) is 0. The van der Waals surface area contributed by atoms with Gasteiger partial charge in [0.25, 0.3) is 0 Å². The fourth-order valence-electron chi connectivity index (χ4n) is 0.807. The van der Waals surface area contributed by atoms with Crippen LogP contribution in [0.4, 0.5) is 0 Å². The number of aryl methyl sites for hydroxylation is 2. The van der Waals surface area contributed by atoms with Crippen molar-refractivity contribution in [3.05, 3.63) is 42.8 Å². The van der Waals surface area contributed by atoms with Crippen LogP contribution in [0.3, 0.4) is 0 Å². The molecule has 0 aliphatic rings. The number of rotatable bonds is 0. The van der Waals surface area contributed by atoms with Crippen LogP contribution in [0.15, 0.2) is 24.3 Å². The standard InChI is InChI=1S/C8H10.CH3.Y/c1-7-4-3-5-8(2)6-7;;/h3-6H,1-2H3;1H3;/q;-1;. The fraction of sp³-hybridized carbons (Fsp3) is 0.222. The van der Waals surface area contributed by atoms with E-state index in [4.69, 9.17) is 0 Å². The Labute approximate surface area is 88.9 Å².